The van der Waals surface area contributed by atoms with Crippen molar-refractivity contribution in [2.75, 3.05) is 13.1 Å². The highest BCUT2D eigenvalue weighted by Gasteiger charge is 2.47. The number of thiophene rings is 1. The number of nitrogens with zero attached hydrogens (tertiary/aromatic N) is 1. The van der Waals surface area contributed by atoms with E-state index in [1.54, 1.807) is 6.07 Å². The summed E-state index contributed by atoms with van der Waals surface area (Å²) in [6.45, 7) is 0.380. The van der Waals surface area contributed by atoms with Gasteiger partial charge in [0, 0.05) is 24.4 Å². The lowest BCUT2D eigenvalue weighted by Crippen LogP contribution is -2.34. The Hall–Kier alpha value is -1.50. The number of hydrogen-bond acceptors (Lipinski definition) is 3. The molecule has 0 aliphatic carbocycles. The van der Waals surface area contributed by atoms with Gasteiger partial charge in [0.15, 0.2) is 0 Å². The first kappa shape index (κ1) is 13.9. The molecule has 19 heavy (non-hydrogen) atoms. The number of carbonyl (C=O) groups excluding carboxylic acids is 1. The van der Waals surface area contributed by atoms with E-state index in [0.717, 1.165) is 4.88 Å². The van der Waals surface area contributed by atoms with Gasteiger partial charge in [-0.15, -0.1) is 11.3 Å². The SMILES string of the molecule is O=C(O)c1ccc(CCCN2CCC(F)(F)C2=O)s1. The highest BCUT2D eigenvalue weighted by molar-refractivity contribution is 7.13. The van der Waals surface area contributed by atoms with Crippen molar-refractivity contribution in [3.8, 4) is 0 Å². The maximum absolute atomic E-state index is 13.0. The average Bonchev–Trinajstić information content (AvgIpc) is 2.89. The maximum Gasteiger partial charge on any atom is 0.345 e. The number of carboxylic acids is 1. The summed E-state index contributed by atoms with van der Waals surface area (Å²) in [5.41, 5.74) is 0. The Labute approximate surface area is 112 Å². The third-order valence-electron chi connectivity index (χ3n) is 3.02. The molecule has 2 rings (SSSR count). The van der Waals surface area contributed by atoms with Crippen LogP contribution in [0.2, 0.25) is 0 Å². The molecule has 0 aromatic carbocycles. The molecule has 4 nitrogen and oxygen atoms in total. The van der Waals surface area contributed by atoms with E-state index in [0.29, 0.717) is 12.8 Å². The summed E-state index contributed by atoms with van der Waals surface area (Å²) in [7, 11) is 0. The van der Waals surface area contributed by atoms with Crippen molar-refractivity contribution < 1.29 is 23.5 Å². The molecule has 0 radical (unpaired) electrons. The smallest absolute Gasteiger partial charge is 0.345 e. The van der Waals surface area contributed by atoms with Gasteiger partial charge in [0.25, 0.3) is 5.91 Å². The van der Waals surface area contributed by atoms with E-state index in [4.69, 9.17) is 5.11 Å². The largest absolute Gasteiger partial charge is 0.477 e. The number of rotatable bonds is 5. The minimum atomic E-state index is -3.21. The number of amides is 1. The van der Waals surface area contributed by atoms with Crippen LogP contribution in [0.15, 0.2) is 12.1 Å². The number of aromatic carboxylic acids is 1. The lowest BCUT2D eigenvalue weighted by Gasteiger charge is -2.15. The monoisotopic (exact) mass is 289 g/mol. The number of hydrogen-bond donors (Lipinski definition) is 1. The van der Waals surface area contributed by atoms with Crippen molar-refractivity contribution in [3.63, 3.8) is 0 Å². The normalized spacial score (nSPS) is 18.0. The zero-order valence-electron chi connectivity index (χ0n) is 10.1. The molecule has 1 aliphatic rings. The second-order valence-corrected chi connectivity index (χ2v) is 5.59. The number of carbonyl (C=O) groups is 2. The molecular weight excluding hydrogens is 276 g/mol. The number of carboxylic acid groups (broad SMARTS) is 1. The summed E-state index contributed by atoms with van der Waals surface area (Å²) in [6.07, 6.45) is 0.739. The second kappa shape index (κ2) is 5.24. The Balaban J connectivity index is 1.81. The molecule has 1 aromatic rings. The summed E-state index contributed by atoms with van der Waals surface area (Å²) < 4.78 is 26.0. The van der Waals surface area contributed by atoms with Gasteiger partial charge in [-0.05, 0) is 25.0 Å². The fourth-order valence-corrected chi connectivity index (χ4v) is 2.89. The topological polar surface area (TPSA) is 57.6 Å². The minimum absolute atomic E-state index is 0.0939. The molecule has 0 spiro atoms. The van der Waals surface area contributed by atoms with Crippen LogP contribution < -0.4 is 0 Å². The van der Waals surface area contributed by atoms with Crippen molar-refractivity contribution >= 4 is 23.2 Å². The maximum atomic E-state index is 13.0. The fraction of sp³-hybridized carbons (Fsp3) is 0.500. The third-order valence-corrected chi connectivity index (χ3v) is 4.15. The van der Waals surface area contributed by atoms with E-state index < -0.39 is 24.2 Å². The molecule has 1 amide bonds. The van der Waals surface area contributed by atoms with E-state index >= 15 is 0 Å². The predicted octanol–water partition coefficient (Wildman–Crippen LogP) is 2.25. The second-order valence-electron chi connectivity index (χ2n) is 4.42. The first-order chi connectivity index (χ1) is 8.90. The van der Waals surface area contributed by atoms with Gasteiger partial charge in [0.05, 0.1) is 0 Å². The van der Waals surface area contributed by atoms with E-state index in [2.05, 4.69) is 0 Å². The predicted molar refractivity (Wildman–Crippen MR) is 65.7 cm³/mol. The summed E-state index contributed by atoms with van der Waals surface area (Å²) in [6, 6.07) is 3.24. The number of likely N-dealkylation sites (tertiary alicyclic amines) is 1. The van der Waals surface area contributed by atoms with Crippen molar-refractivity contribution in [2.24, 2.45) is 0 Å². The Morgan fingerprint density at radius 2 is 2.21 bits per heavy atom. The van der Waals surface area contributed by atoms with Crippen LogP contribution in [0.3, 0.4) is 0 Å². The molecule has 1 saturated heterocycles. The summed E-state index contributed by atoms with van der Waals surface area (Å²) >= 11 is 1.17. The minimum Gasteiger partial charge on any atom is -0.477 e. The zero-order chi connectivity index (χ0) is 14.0. The number of halogens is 2. The quantitative estimate of drug-likeness (QED) is 0.904. The highest BCUT2D eigenvalue weighted by Crippen LogP contribution is 2.28. The van der Waals surface area contributed by atoms with Crippen molar-refractivity contribution in [2.45, 2.75) is 25.2 Å². The first-order valence-corrected chi connectivity index (χ1v) is 6.71. The molecule has 1 N–H and O–H groups in total. The molecule has 0 atom stereocenters. The lowest BCUT2D eigenvalue weighted by molar-refractivity contribution is -0.147. The van der Waals surface area contributed by atoms with Crippen LogP contribution >= 0.6 is 11.3 Å². The molecule has 104 valence electrons. The Kier molecular flexibility index (Phi) is 3.84. The molecule has 1 fully saturated rings. The van der Waals surface area contributed by atoms with Crippen LogP contribution in [0, 0.1) is 0 Å². The van der Waals surface area contributed by atoms with Gasteiger partial charge in [0.2, 0.25) is 0 Å². The van der Waals surface area contributed by atoms with Crippen LogP contribution in [0.25, 0.3) is 0 Å². The van der Waals surface area contributed by atoms with Gasteiger partial charge in [-0.1, -0.05) is 0 Å². The third kappa shape index (κ3) is 3.09. The van der Waals surface area contributed by atoms with Gasteiger partial charge < -0.3 is 10.0 Å². The van der Waals surface area contributed by atoms with Crippen LogP contribution in [-0.4, -0.2) is 40.9 Å². The van der Waals surface area contributed by atoms with Crippen LogP contribution in [-0.2, 0) is 11.2 Å². The molecule has 0 unspecified atom stereocenters. The van der Waals surface area contributed by atoms with Crippen LogP contribution in [0.5, 0.6) is 0 Å². The molecule has 7 heteroatoms. The Morgan fingerprint density at radius 3 is 2.74 bits per heavy atom. The number of alkyl halides is 2. The van der Waals surface area contributed by atoms with Gasteiger partial charge in [-0.2, -0.15) is 8.78 Å². The molecule has 2 heterocycles. The van der Waals surface area contributed by atoms with Gasteiger partial charge in [-0.25, -0.2) is 4.79 Å². The average molecular weight is 289 g/mol. The molecule has 0 saturated carbocycles. The Bertz CT molecular complexity index is 501. The lowest BCUT2D eigenvalue weighted by atomic mass is 10.2. The first-order valence-electron chi connectivity index (χ1n) is 5.89. The van der Waals surface area contributed by atoms with E-state index in [1.165, 1.54) is 22.3 Å². The standard InChI is InChI=1S/C12H13F2NO3S/c13-12(14)5-7-15(11(12)18)6-1-2-8-3-4-9(19-8)10(16)17/h3-4H,1-2,5-7H2,(H,16,17). The van der Waals surface area contributed by atoms with Crippen molar-refractivity contribution in [3.05, 3.63) is 21.9 Å². The van der Waals surface area contributed by atoms with Crippen LogP contribution in [0.4, 0.5) is 8.78 Å². The van der Waals surface area contributed by atoms with Gasteiger partial charge in [-0.3, -0.25) is 4.79 Å². The Morgan fingerprint density at radius 1 is 1.47 bits per heavy atom. The molecule has 0 bridgehead atoms. The van der Waals surface area contributed by atoms with Crippen molar-refractivity contribution in [1.82, 2.24) is 4.90 Å². The van der Waals surface area contributed by atoms with E-state index in [9.17, 15) is 18.4 Å². The summed E-state index contributed by atoms with van der Waals surface area (Å²) in [5, 5.41) is 8.76. The summed E-state index contributed by atoms with van der Waals surface area (Å²) in [5.74, 6) is -5.27. The number of aryl methyl sites for hydroxylation is 1. The summed E-state index contributed by atoms with van der Waals surface area (Å²) in [4.78, 5) is 24.3. The fourth-order valence-electron chi connectivity index (χ4n) is 2.00. The zero-order valence-corrected chi connectivity index (χ0v) is 10.9. The highest BCUT2D eigenvalue weighted by atomic mass is 32.1. The van der Waals surface area contributed by atoms with Gasteiger partial charge >= 0.3 is 11.9 Å². The van der Waals surface area contributed by atoms with Crippen molar-refractivity contribution in [1.29, 1.82) is 0 Å². The van der Waals surface area contributed by atoms with Gasteiger partial charge in [0.1, 0.15) is 4.88 Å². The van der Waals surface area contributed by atoms with Crippen LogP contribution in [0.1, 0.15) is 27.4 Å². The molecule has 1 aliphatic heterocycles. The molecular formula is C12H13F2NO3S. The van der Waals surface area contributed by atoms with E-state index in [1.807, 2.05) is 0 Å². The molecule has 1 aromatic heterocycles. The van der Waals surface area contributed by atoms with E-state index in [-0.39, 0.29) is 18.0 Å².